The van der Waals surface area contributed by atoms with Crippen LogP contribution in [0.15, 0.2) is 57.9 Å². The van der Waals surface area contributed by atoms with E-state index < -0.39 is 6.04 Å². The third-order valence-electron chi connectivity index (χ3n) is 5.77. The van der Waals surface area contributed by atoms with E-state index >= 15 is 0 Å². The summed E-state index contributed by atoms with van der Waals surface area (Å²) in [5, 5.41) is 3.18. The Kier molecular flexibility index (Phi) is 9.02. The Morgan fingerprint density at radius 2 is 1.71 bits per heavy atom. The molecule has 0 radical (unpaired) electrons. The maximum atomic E-state index is 13.2. The van der Waals surface area contributed by atoms with Gasteiger partial charge in [0.2, 0.25) is 11.8 Å². The van der Waals surface area contributed by atoms with E-state index in [1.165, 1.54) is 23.7 Å². The molecule has 1 N–H and O–H groups in total. The number of benzene rings is 2. The van der Waals surface area contributed by atoms with Crippen LogP contribution in [-0.4, -0.2) is 34.6 Å². The van der Waals surface area contributed by atoms with Crippen molar-refractivity contribution in [3.8, 4) is 0 Å². The first kappa shape index (κ1) is 23.9. The van der Waals surface area contributed by atoms with Crippen molar-refractivity contribution in [2.75, 3.05) is 5.75 Å². The zero-order valence-corrected chi connectivity index (χ0v) is 20.7. The normalized spacial score (nSPS) is 15.3. The zero-order valence-electron chi connectivity index (χ0n) is 18.3. The van der Waals surface area contributed by atoms with Crippen LogP contribution in [0.1, 0.15) is 50.2 Å². The summed E-state index contributed by atoms with van der Waals surface area (Å²) in [7, 11) is 0. The van der Waals surface area contributed by atoms with Crippen LogP contribution >= 0.6 is 27.7 Å². The van der Waals surface area contributed by atoms with Crippen LogP contribution in [0.2, 0.25) is 0 Å². The lowest BCUT2D eigenvalue weighted by Crippen LogP contribution is -2.50. The van der Waals surface area contributed by atoms with Gasteiger partial charge in [-0.25, -0.2) is 0 Å². The summed E-state index contributed by atoms with van der Waals surface area (Å²) in [6, 6.07) is 15.8. The van der Waals surface area contributed by atoms with E-state index in [1.807, 2.05) is 62.4 Å². The molecule has 0 aromatic heterocycles. The number of aryl methyl sites for hydroxylation is 1. The molecule has 0 aliphatic heterocycles. The third-order valence-corrected chi connectivity index (χ3v) is 7.29. The Bertz CT molecular complexity index is 864. The summed E-state index contributed by atoms with van der Waals surface area (Å²) in [5.41, 5.74) is 2.20. The Morgan fingerprint density at radius 1 is 1.06 bits per heavy atom. The van der Waals surface area contributed by atoms with Crippen molar-refractivity contribution < 1.29 is 9.59 Å². The van der Waals surface area contributed by atoms with Crippen LogP contribution in [0, 0.1) is 6.92 Å². The van der Waals surface area contributed by atoms with Gasteiger partial charge in [-0.05, 0) is 56.5 Å². The smallest absolute Gasteiger partial charge is 0.242 e. The van der Waals surface area contributed by atoms with Crippen LogP contribution < -0.4 is 5.32 Å². The molecule has 166 valence electrons. The monoisotopic (exact) mass is 502 g/mol. The molecule has 1 fully saturated rings. The molecule has 2 aromatic carbocycles. The third kappa shape index (κ3) is 7.39. The highest BCUT2D eigenvalue weighted by Crippen LogP contribution is 2.22. The van der Waals surface area contributed by atoms with Gasteiger partial charge in [0, 0.05) is 22.0 Å². The number of halogens is 1. The van der Waals surface area contributed by atoms with E-state index in [0.29, 0.717) is 12.3 Å². The van der Waals surface area contributed by atoms with Gasteiger partial charge in [-0.1, -0.05) is 65.0 Å². The van der Waals surface area contributed by atoms with E-state index in [-0.39, 0.29) is 17.9 Å². The van der Waals surface area contributed by atoms with Crippen molar-refractivity contribution in [3.63, 3.8) is 0 Å². The number of amides is 2. The molecule has 0 saturated heterocycles. The highest BCUT2D eigenvalue weighted by Gasteiger charge is 2.28. The standard InChI is InChI=1S/C25H31BrN2O2S/c1-18-8-14-23(15-9-18)31-17-24(29)28(16-20-10-12-21(26)13-11-20)19(2)25(30)27-22-6-4-3-5-7-22/h8-15,19,22H,3-7,16-17H2,1-2H3,(H,27,30)/t19-/m1/s1. The first-order chi connectivity index (χ1) is 14.9. The van der Waals surface area contributed by atoms with Gasteiger partial charge in [-0.2, -0.15) is 0 Å². The Labute approximate surface area is 198 Å². The van der Waals surface area contributed by atoms with E-state index in [0.717, 1.165) is 40.6 Å². The van der Waals surface area contributed by atoms with Crippen molar-refractivity contribution >= 4 is 39.5 Å². The van der Waals surface area contributed by atoms with Crippen molar-refractivity contribution in [2.45, 2.75) is 69.5 Å². The molecular weight excluding hydrogens is 472 g/mol. The zero-order chi connectivity index (χ0) is 22.2. The molecule has 6 heteroatoms. The molecule has 0 unspecified atom stereocenters. The number of hydrogen-bond donors (Lipinski definition) is 1. The molecule has 0 heterocycles. The minimum atomic E-state index is -0.517. The fourth-order valence-corrected chi connectivity index (χ4v) is 4.85. The molecule has 1 aliphatic rings. The first-order valence-electron chi connectivity index (χ1n) is 11.0. The average molecular weight is 504 g/mol. The molecule has 31 heavy (non-hydrogen) atoms. The van der Waals surface area contributed by atoms with E-state index in [1.54, 1.807) is 4.90 Å². The van der Waals surface area contributed by atoms with Gasteiger partial charge in [0.05, 0.1) is 5.75 Å². The lowest BCUT2D eigenvalue weighted by atomic mass is 9.95. The van der Waals surface area contributed by atoms with Crippen molar-refractivity contribution in [3.05, 3.63) is 64.1 Å². The Morgan fingerprint density at radius 3 is 2.35 bits per heavy atom. The predicted octanol–water partition coefficient (Wildman–Crippen LogP) is 5.72. The quantitative estimate of drug-likeness (QED) is 0.469. The van der Waals surface area contributed by atoms with Crippen molar-refractivity contribution in [1.29, 1.82) is 0 Å². The molecule has 0 bridgehead atoms. The second-order valence-electron chi connectivity index (χ2n) is 8.27. The molecule has 2 aromatic rings. The summed E-state index contributed by atoms with van der Waals surface area (Å²) in [5.74, 6) is 0.221. The lowest BCUT2D eigenvalue weighted by molar-refractivity contribution is -0.139. The molecule has 3 rings (SSSR count). The molecule has 1 atom stereocenters. The van der Waals surface area contributed by atoms with Crippen LogP contribution in [0.25, 0.3) is 0 Å². The summed E-state index contributed by atoms with van der Waals surface area (Å²) >= 11 is 4.97. The number of nitrogens with zero attached hydrogens (tertiary/aromatic N) is 1. The number of rotatable bonds is 8. The minimum absolute atomic E-state index is 0.0280. The number of thioether (sulfide) groups is 1. The molecule has 2 amide bonds. The summed E-state index contributed by atoms with van der Waals surface area (Å²) in [6.45, 7) is 4.30. The Hall–Kier alpha value is -1.79. The molecule has 4 nitrogen and oxygen atoms in total. The first-order valence-corrected chi connectivity index (χ1v) is 12.7. The SMILES string of the molecule is Cc1ccc(SCC(=O)N(Cc2ccc(Br)cc2)[C@H](C)C(=O)NC2CCCCC2)cc1. The highest BCUT2D eigenvalue weighted by atomic mass is 79.9. The van der Waals surface area contributed by atoms with Gasteiger partial charge < -0.3 is 10.2 Å². The van der Waals surface area contributed by atoms with E-state index in [2.05, 4.69) is 21.2 Å². The number of nitrogens with one attached hydrogen (secondary N) is 1. The van der Waals surface area contributed by atoms with Gasteiger partial charge in [0.15, 0.2) is 0 Å². The fraction of sp³-hybridized carbons (Fsp3) is 0.440. The van der Waals surface area contributed by atoms with Gasteiger partial charge >= 0.3 is 0 Å². The second-order valence-corrected chi connectivity index (χ2v) is 10.2. The van der Waals surface area contributed by atoms with Crippen LogP contribution in [0.3, 0.4) is 0 Å². The topological polar surface area (TPSA) is 49.4 Å². The predicted molar refractivity (Wildman–Crippen MR) is 131 cm³/mol. The maximum Gasteiger partial charge on any atom is 0.242 e. The minimum Gasteiger partial charge on any atom is -0.352 e. The lowest BCUT2D eigenvalue weighted by Gasteiger charge is -2.31. The summed E-state index contributed by atoms with van der Waals surface area (Å²) in [4.78, 5) is 29.0. The molecule has 1 aliphatic carbocycles. The van der Waals surface area contributed by atoms with E-state index in [4.69, 9.17) is 0 Å². The fourth-order valence-electron chi connectivity index (χ4n) is 3.80. The largest absolute Gasteiger partial charge is 0.352 e. The van der Waals surface area contributed by atoms with Gasteiger partial charge in [-0.15, -0.1) is 11.8 Å². The van der Waals surface area contributed by atoms with Crippen LogP contribution in [0.5, 0.6) is 0 Å². The maximum absolute atomic E-state index is 13.2. The summed E-state index contributed by atoms with van der Waals surface area (Å²) < 4.78 is 0.993. The molecular formula is C25H31BrN2O2S. The van der Waals surface area contributed by atoms with Gasteiger partial charge in [0.1, 0.15) is 6.04 Å². The molecule has 0 spiro atoms. The van der Waals surface area contributed by atoms with Crippen molar-refractivity contribution in [1.82, 2.24) is 10.2 Å². The van der Waals surface area contributed by atoms with Gasteiger partial charge in [0.25, 0.3) is 0 Å². The number of hydrogen-bond acceptors (Lipinski definition) is 3. The average Bonchev–Trinajstić information content (AvgIpc) is 2.78. The summed E-state index contributed by atoms with van der Waals surface area (Å²) in [6.07, 6.45) is 5.62. The number of carbonyl (C=O) groups is 2. The van der Waals surface area contributed by atoms with E-state index in [9.17, 15) is 9.59 Å². The van der Waals surface area contributed by atoms with Gasteiger partial charge in [-0.3, -0.25) is 9.59 Å². The number of carbonyl (C=O) groups excluding carboxylic acids is 2. The van der Waals surface area contributed by atoms with Crippen LogP contribution in [0.4, 0.5) is 0 Å². The second kappa shape index (κ2) is 11.7. The van der Waals surface area contributed by atoms with Crippen LogP contribution in [-0.2, 0) is 16.1 Å². The highest BCUT2D eigenvalue weighted by molar-refractivity contribution is 9.10. The molecule has 1 saturated carbocycles. The van der Waals surface area contributed by atoms with Crippen molar-refractivity contribution in [2.24, 2.45) is 0 Å². The Balaban J connectivity index is 1.69.